The lowest BCUT2D eigenvalue weighted by Gasteiger charge is -2.14. The Kier molecular flexibility index (Phi) is 2.33. The van der Waals surface area contributed by atoms with E-state index in [-0.39, 0.29) is 0 Å². The standard InChI is InChI=1S/C13H18N4/c1-9-16-11-3-2-10(6-12(11)17-9)15-8-13(7-14)4-5-13/h2-3,6,15H,4-5,7-8,14H2,1H3,(H,16,17). The molecular weight excluding hydrogens is 212 g/mol. The maximum absolute atomic E-state index is 5.77. The zero-order chi connectivity index (χ0) is 11.9. The number of nitrogens with two attached hydrogens (primary N) is 1. The van der Waals surface area contributed by atoms with Crippen LogP contribution < -0.4 is 11.1 Å². The van der Waals surface area contributed by atoms with Crippen LogP contribution in [0, 0.1) is 12.3 Å². The number of aryl methyl sites for hydroxylation is 1. The second-order valence-electron chi connectivity index (χ2n) is 5.11. The molecule has 0 aliphatic heterocycles. The van der Waals surface area contributed by atoms with E-state index in [9.17, 15) is 0 Å². The van der Waals surface area contributed by atoms with Gasteiger partial charge in [-0.25, -0.2) is 4.98 Å². The summed E-state index contributed by atoms with van der Waals surface area (Å²) >= 11 is 0. The molecule has 90 valence electrons. The first kappa shape index (κ1) is 10.6. The lowest BCUT2D eigenvalue weighted by atomic mass is 10.1. The first-order valence-electron chi connectivity index (χ1n) is 6.11. The Morgan fingerprint density at radius 3 is 3.00 bits per heavy atom. The minimum atomic E-state index is 0.360. The monoisotopic (exact) mass is 230 g/mol. The highest BCUT2D eigenvalue weighted by Crippen LogP contribution is 2.44. The number of H-pyrrole nitrogens is 1. The van der Waals surface area contributed by atoms with Crippen molar-refractivity contribution in [1.82, 2.24) is 9.97 Å². The van der Waals surface area contributed by atoms with Crippen LogP contribution >= 0.6 is 0 Å². The fourth-order valence-electron chi connectivity index (χ4n) is 2.17. The minimum Gasteiger partial charge on any atom is -0.384 e. The summed E-state index contributed by atoms with van der Waals surface area (Å²) in [5.74, 6) is 0.956. The van der Waals surface area contributed by atoms with Crippen LogP contribution in [0.1, 0.15) is 18.7 Å². The highest BCUT2D eigenvalue weighted by Gasteiger charge is 2.40. The van der Waals surface area contributed by atoms with Crippen molar-refractivity contribution >= 4 is 16.7 Å². The van der Waals surface area contributed by atoms with Gasteiger partial charge in [0, 0.05) is 12.2 Å². The predicted octanol–water partition coefficient (Wildman–Crippen LogP) is 2.02. The summed E-state index contributed by atoms with van der Waals surface area (Å²) in [6, 6.07) is 6.24. The van der Waals surface area contributed by atoms with Crippen molar-refractivity contribution in [2.24, 2.45) is 11.1 Å². The third-order valence-corrected chi connectivity index (χ3v) is 3.66. The Morgan fingerprint density at radius 1 is 1.47 bits per heavy atom. The molecule has 0 atom stereocenters. The maximum atomic E-state index is 5.77. The number of aromatic nitrogens is 2. The van der Waals surface area contributed by atoms with Crippen LogP contribution in [0.4, 0.5) is 5.69 Å². The summed E-state index contributed by atoms with van der Waals surface area (Å²) in [6.07, 6.45) is 2.50. The third-order valence-electron chi connectivity index (χ3n) is 3.66. The molecule has 0 bridgehead atoms. The van der Waals surface area contributed by atoms with E-state index in [1.165, 1.54) is 12.8 Å². The molecule has 3 rings (SSSR count). The predicted molar refractivity (Wildman–Crippen MR) is 70.0 cm³/mol. The van der Waals surface area contributed by atoms with Crippen molar-refractivity contribution in [2.75, 3.05) is 18.4 Å². The van der Waals surface area contributed by atoms with Gasteiger partial charge in [-0.05, 0) is 49.9 Å². The molecule has 2 aromatic rings. The number of hydrogen-bond donors (Lipinski definition) is 3. The summed E-state index contributed by atoms with van der Waals surface area (Å²) < 4.78 is 0. The number of aromatic amines is 1. The number of nitrogens with zero attached hydrogens (tertiary/aromatic N) is 1. The molecule has 17 heavy (non-hydrogen) atoms. The van der Waals surface area contributed by atoms with Gasteiger partial charge in [-0.15, -0.1) is 0 Å². The van der Waals surface area contributed by atoms with Gasteiger partial charge in [0.1, 0.15) is 5.82 Å². The second-order valence-corrected chi connectivity index (χ2v) is 5.11. The summed E-state index contributed by atoms with van der Waals surface area (Å²) in [7, 11) is 0. The van der Waals surface area contributed by atoms with Crippen molar-refractivity contribution < 1.29 is 0 Å². The second kappa shape index (κ2) is 3.74. The zero-order valence-corrected chi connectivity index (χ0v) is 10.1. The normalized spacial score (nSPS) is 17.3. The zero-order valence-electron chi connectivity index (χ0n) is 10.1. The Bertz CT molecular complexity index is 539. The molecule has 4 N–H and O–H groups in total. The van der Waals surface area contributed by atoms with Gasteiger partial charge in [0.25, 0.3) is 0 Å². The van der Waals surface area contributed by atoms with Crippen LogP contribution in [-0.4, -0.2) is 23.1 Å². The van der Waals surface area contributed by atoms with Crippen LogP contribution in [0.2, 0.25) is 0 Å². The van der Waals surface area contributed by atoms with Gasteiger partial charge in [0.05, 0.1) is 11.0 Å². The smallest absolute Gasteiger partial charge is 0.104 e. The maximum Gasteiger partial charge on any atom is 0.104 e. The molecule has 1 aliphatic rings. The van der Waals surface area contributed by atoms with E-state index >= 15 is 0 Å². The topological polar surface area (TPSA) is 66.7 Å². The van der Waals surface area contributed by atoms with Crippen LogP contribution in [0.5, 0.6) is 0 Å². The summed E-state index contributed by atoms with van der Waals surface area (Å²) in [5.41, 5.74) is 9.38. The molecule has 1 saturated carbocycles. The van der Waals surface area contributed by atoms with Crippen molar-refractivity contribution in [1.29, 1.82) is 0 Å². The molecular formula is C13H18N4. The average molecular weight is 230 g/mol. The summed E-state index contributed by atoms with van der Waals surface area (Å²) in [6.45, 7) is 3.73. The third kappa shape index (κ3) is 2.00. The van der Waals surface area contributed by atoms with E-state index in [1.807, 2.05) is 13.0 Å². The van der Waals surface area contributed by atoms with Crippen LogP contribution in [0.3, 0.4) is 0 Å². The van der Waals surface area contributed by atoms with Crippen LogP contribution in [0.15, 0.2) is 18.2 Å². The minimum absolute atomic E-state index is 0.360. The van der Waals surface area contributed by atoms with Crippen molar-refractivity contribution in [3.05, 3.63) is 24.0 Å². The van der Waals surface area contributed by atoms with Gasteiger partial charge in [-0.2, -0.15) is 0 Å². The van der Waals surface area contributed by atoms with Crippen molar-refractivity contribution in [2.45, 2.75) is 19.8 Å². The molecule has 1 fully saturated rings. The van der Waals surface area contributed by atoms with E-state index < -0.39 is 0 Å². The Morgan fingerprint density at radius 2 is 2.29 bits per heavy atom. The van der Waals surface area contributed by atoms with E-state index in [1.54, 1.807) is 0 Å². The number of anilines is 1. The number of hydrogen-bond acceptors (Lipinski definition) is 3. The number of nitrogens with one attached hydrogen (secondary N) is 2. The van der Waals surface area contributed by atoms with E-state index in [0.29, 0.717) is 5.41 Å². The molecule has 1 aliphatic carbocycles. The summed E-state index contributed by atoms with van der Waals surface area (Å²) in [5, 5.41) is 3.47. The van der Waals surface area contributed by atoms with E-state index in [2.05, 4.69) is 27.4 Å². The molecule has 1 aromatic carbocycles. The van der Waals surface area contributed by atoms with Gasteiger partial charge in [-0.1, -0.05) is 0 Å². The molecule has 4 heteroatoms. The molecule has 0 amide bonds. The Hall–Kier alpha value is -1.55. The Labute approximate surface area is 101 Å². The quantitative estimate of drug-likeness (QED) is 0.752. The van der Waals surface area contributed by atoms with E-state index in [0.717, 1.165) is 35.6 Å². The number of rotatable bonds is 4. The Balaban J connectivity index is 1.76. The van der Waals surface area contributed by atoms with Gasteiger partial charge >= 0.3 is 0 Å². The fraction of sp³-hybridized carbons (Fsp3) is 0.462. The number of fused-ring (bicyclic) bond motifs is 1. The van der Waals surface area contributed by atoms with Crippen molar-refractivity contribution in [3.63, 3.8) is 0 Å². The molecule has 4 nitrogen and oxygen atoms in total. The van der Waals surface area contributed by atoms with Gasteiger partial charge in [-0.3, -0.25) is 0 Å². The van der Waals surface area contributed by atoms with Gasteiger partial charge < -0.3 is 16.0 Å². The summed E-state index contributed by atoms with van der Waals surface area (Å²) in [4.78, 5) is 7.64. The van der Waals surface area contributed by atoms with Gasteiger partial charge in [0.15, 0.2) is 0 Å². The highest BCUT2D eigenvalue weighted by atomic mass is 14.9. The first-order valence-corrected chi connectivity index (χ1v) is 6.11. The molecule has 0 radical (unpaired) electrons. The number of imidazole rings is 1. The molecule has 1 heterocycles. The lowest BCUT2D eigenvalue weighted by Crippen LogP contribution is -2.24. The van der Waals surface area contributed by atoms with E-state index in [4.69, 9.17) is 5.73 Å². The molecule has 0 saturated heterocycles. The van der Waals surface area contributed by atoms with Gasteiger partial charge in [0.2, 0.25) is 0 Å². The molecule has 0 unspecified atom stereocenters. The molecule has 0 spiro atoms. The lowest BCUT2D eigenvalue weighted by molar-refractivity contribution is 0.556. The van der Waals surface area contributed by atoms with Crippen molar-refractivity contribution in [3.8, 4) is 0 Å². The SMILES string of the molecule is Cc1nc2ccc(NCC3(CN)CC3)cc2[nH]1. The van der Waals surface area contributed by atoms with Crippen LogP contribution in [-0.2, 0) is 0 Å². The fourth-order valence-corrected chi connectivity index (χ4v) is 2.17. The molecule has 1 aromatic heterocycles. The van der Waals surface area contributed by atoms with Crippen LogP contribution in [0.25, 0.3) is 11.0 Å². The highest BCUT2D eigenvalue weighted by molar-refractivity contribution is 5.79. The average Bonchev–Trinajstić information content (AvgIpc) is 3.01. The first-order chi connectivity index (χ1) is 8.21. The largest absolute Gasteiger partial charge is 0.384 e. The number of benzene rings is 1.